The maximum Gasteiger partial charge on any atom is 0.216 e. The van der Waals surface area contributed by atoms with E-state index in [0.717, 1.165) is 6.42 Å². The van der Waals surface area contributed by atoms with Crippen molar-refractivity contribution >= 4 is 10.0 Å². The molecule has 2 atom stereocenters. The van der Waals surface area contributed by atoms with Crippen molar-refractivity contribution in [3.8, 4) is 0 Å². The van der Waals surface area contributed by atoms with E-state index in [4.69, 9.17) is 4.74 Å². The lowest BCUT2D eigenvalue weighted by molar-refractivity contribution is 0.204. The number of hydrogen-bond donors (Lipinski definition) is 0. The first-order valence-corrected chi connectivity index (χ1v) is 7.03. The van der Waals surface area contributed by atoms with Crippen LogP contribution in [-0.2, 0) is 14.8 Å². The third-order valence-electron chi connectivity index (χ3n) is 2.77. The number of hydrogen-bond acceptors (Lipinski definition) is 3. The maximum atomic E-state index is 11.9. The molecule has 0 spiro atoms. The van der Waals surface area contributed by atoms with Crippen LogP contribution in [0.1, 0.15) is 20.3 Å². The smallest absolute Gasteiger partial charge is 0.216 e. The predicted octanol–water partition coefficient (Wildman–Crippen LogP) is 0.940. The standard InChI is InChI=1S/C10H21NO3S/c1-9-6-10(2)8-11(7-9)15(12,13)5-4-14-3/h9-10H,4-8H2,1-3H3. The molecule has 0 bridgehead atoms. The van der Waals surface area contributed by atoms with Crippen molar-refractivity contribution in [1.29, 1.82) is 0 Å². The van der Waals surface area contributed by atoms with Crippen LogP contribution < -0.4 is 0 Å². The van der Waals surface area contributed by atoms with Crippen molar-refractivity contribution in [2.24, 2.45) is 11.8 Å². The Morgan fingerprint density at radius 1 is 1.27 bits per heavy atom. The fraction of sp³-hybridized carbons (Fsp3) is 1.00. The average molecular weight is 235 g/mol. The average Bonchev–Trinajstić information content (AvgIpc) is 2.13. The molecule has 0 aromatic heterocycles. The fourth-order valence-electron chi connectivity index (χ4n) is 2.15. The van der Waals surface area contributed by atoms with Crippen LogP contribution in [0.4, 0.5) is 0 Å². The molecule has 0 saturated carbocycles. The number of ether oxygens (including phenoxy) is 1. The Labute approximate surface area is 92.7 Å². The highest BCUT2D eigenvalue weighted by atomic mass is 32.2. The van der Waals surface area contributed by atoms with Gasteiger partial charge in [0.05, 0.1) is 12.4 Å². The van der Waals surface area contributed by atoms with Crippen molar-refractivity contribution in [2.75, 3.05) is 32.6 Å². The summed E-state index contributed by atoms with van der Waals surface area (Å²) in [5.41, 5.74) is 0. The Balaban J connectivity index is 2.61. The van der Waals surface area contributed by atoms with Gasteiger partial charge in [-0.15, -0.1) is 0 Å². The van der Waals surface area contributed by atoms with Gasteiger partial charge in [-0.1, -0.05) is 13.8 Å². The summed E-state index contributed by atoms with van der Waals surface area (Å²) in [7, 11) is -1.58. The van der Waals surface area contributed by atoms with E-state index in [1.807, 2.05) is 0 Å². The zero-order chi connectivity index (χ0) is 11.5. The summed E-state index contributed by atoms with van der Waals surface area (Å²) < 4.78 is 30.2. The molecule has 4 nitrogen and oxygen atoms in total. The zero-order valence-electron chi connectivity index (χ0n) is 9.77. The van der Waals surface area contributed by atoms with Crippen LogP contribution in [0.25, 0.3) is 0 Å². The van der Waals surface area contributed by atoms with Crippen LogP contribution >= 0.6 is 0 Å². The Bertz CT molecular complexity index is 279. The van der Waals surface area contributed by atoms with E-state index in [9.17, 15) is 8.42 Å². The molecule has 0 amide bonds. The van der Waals surface area contributed by atoms with Gasteiger partial charge in [0.25, 0.3) is 0 Å². The van der Waals surface area contributed by atoms with Gasteiger partial charge < -0.3 is 4.74 Å². The first-order chi connectivity index (χ1) is 6.95. The highest BCUT2D eigenvalue weighted by molar-refractivity contribution is 7.89. The first kappa shape index (κ1) is 12.9. The number of piperidine rings is 1. The molecule has 0 aliphatic carbocycles. The first-order valence-electron chi connectivity index (χ1n) is 5.42. The molecule has 15 heavy (non-hydrogen) atoms. The SMILES string of the molecule is COCCS(=O)(=O)N1CC(C)CC(C)C1. The Hall–Kier alpha value is -0.130. The molecular weight excluding hydrogens is 214 g/mol. The quantitative estimate of drug-likeness (QED) is 0.728. The molecule has 0 N–H and O–H groups in total. The lowest BCUT2D eigenvalue weighted by Gasteiger charge is -2.33. The van der Waals surface area contributed by atoms with Gasteiger partial charge in [0, 0.05) is 20.2 Å². The molecule has 1 fully saturated rings. The van der Waals surface area contributed by atoms with Crippen molar-refractivity contribution in [3.05, 3.63) is 0 Å². The highest BCUT2D eigenvalue weighted by Gasteiger charge is 2.29. The molecule has 2 unspecified atom stereocenters. The lowest BCUT2D eigenvalue weighted by Crippen LogP contribution is -2.44. The van der Waals surface area contributed by atoms with Gasteiger partial charge in [0.1, 0.15) is 0 Å². The normalized spacial score (nSPS) is 29.3. The molecule has 1 saturated heterocycles. The Morgan fingerprint density at radius 2 is 1.80 bits per heavy atom. The predicted molar refractivity (Wildman–Crippen MR) is 60.2 cm³/mol. The molecule has 0 aromatic carbocycles. The molecule has 0 radical (unpaired) electrons. The van der Waals surface area contributed by atoms with Crippen molar-refractivity contribution in [1.82, 2.24) is 4.31 Å². The summed E-state index contributed by atoms with van der Waals surface area (Å²) in [6.07, 6.45) is 1.12. The maximum absolute atomic E-state index is 11.9. The molecule has 5 heteroatoms. The van der Waals surface area contributed by atoms with E-state index in [2.05, 4.69) is 13.8 Å². The molecular formula is C10H21NO3S. The van der Waals surface area contributed by atoms with Gasteiger partial charge in [-0.05, 0) is 18.3 Å². The van der Waals surface area contributed by atoms with E-state index in [0.29, 0.717) is 24.9 Å². The minimum atomic E-state index is -3.10. The molecule has 0 aromatic rings. The largest absolute Gasteiger partial charge is 0.384 e. The third-order valence-corrected chi connectivity index (χ3v) is 4.54. The number of methoxy groups -OCH3 is 1. The molecule has 90 valence electrons. The third kappa shape index (κ3) is 3.74. The van der Waals surface area contributed by atoms with Crippen molar-refractivity contribution in [3.63, 3.8) is 0 Å². The second-order valence-corrected chi connectivity index (χ2v) is 6.66. The Kier molecular flexibility index (Phi) is 4.55. The molecule has 1 aliphatic heterocycles. The summed E-state index contributed by atoms with van der Waals surface area (Å²) >= 11 is 0. The lowest BCUT2D eigenvalue weighted by atomic mass is 9.94. The summed E-state index contributed by atoms with van der Waals surface area (Å²) in [5.74, 6) is 1.03. The van der Waals surface area contributed by atoms with Crippen LogP contribution in [0.5, 0.6) is 0 Å². The zero-order valence-corrected chi connectivity index (χ0v) is 10.6. The minimum Gasteiger partial charge on any atom is -0.384 e. The summed E-state index contributed by atoms with van der Waals surface area (Å²) in [5, 5.41) is 0. The second-order valence-electron chi connectivity index (χ2n) is 4.57. The number of rotatable bonds is 4. The highest BCUT2D eigenvalue weighted by Crippen LogP contribution is 2.23. The van der Waals surface area contributed by atoms with E-state index < -0.39 is 10.0 Å². The van der Waals surface area contributed by atoms with E-state index in [-0.39, 0.29) is 12.4 Å². The van der Waals surface area contributed by atoms with Crippen molar-refractivity contribution < 1.29 is 13.2 Å². The van der Waals surface area contributed by atoms with Crippen LogP contribution in [0.3, 0.4) is 0 Å². The van der Waals surface area contributed by atoms with E-state index in [1.54, 1.807) is 4.31 Å². The van der Waals surface area contributed by atoms with E-state index in [1.165, 1.54) is 7.11 Å². The van der Waals surface area contributed by atoms with Gasteiger partial charge in [0.15, 0.2) is 0 Å². The summed E-state index contributed by atoms with van der Waals surface area (Å²) in [6, 6.07) is 0. The van der Waals surface area contributed by atoms with E-state index >= 15 is 0 Å². The summed E-state index contributed by atoms with van der Waals surface area (Å²) in [6.45, 7) is 5.82. The van der Waals surface area contributed by atoms with Gasteiger partial charge in [0.2, 0.25) is 10.0 Å². The fourth-order valence-corrected chi connectivity index (χ4v) is 3.75. The van der Waals surface area contributed by atoms with Gasteiger partial charge in [-0.2, -0.15) is 0 Å². The Morgan fingerprint density at radius 3 is 2.27 bits per heavy atom. The molecule has 1 heterocycles. The van der Waals surface area contributed by atoms with Gasteiger partial charge >= 0.3 is 0 Å². The van der Waals surface area contributed by atoms with Gasteiger partial charge in [-0.3, -0.25) is 0 Å². The minimum absolute atomic E-state index is 0.100. The second kappa shape index (κ2) is 5.27. The number of sulfonamides is 1. The van der Waals surface area contributed by atoms with Crippen LogP contribution in [0.2, 0.25) is 0 Å². The van der Waals surface area contributed by atoms with Crippen molar-refractivity contribution in [2.45, 2.75) is 20.3 Å². The molecule has 1 aliphatic rings. The van der Waals surface area contributed by atoms with Crippen LogP contribution in [-0.4, -0.2) is 45.3 Å². The molecule has 1 rings (SSSR count). The summed E-state index contributed by atoms with van der Waals surface area (Å²) in [4.78, 5) is 0. The van der Waals surface area contributed by atoms with Crippen LogP contribution in [0, 0.1) is 11.8 Å². The number of nitrogens with zero attached hydrogens (tertiary/aromatic N) is 1. The van der Waals surface area contributed by atoms with Crippen LogP contribution in [0.15, 0.2) is 0 Å². The topological polar surface area (TPSA) is 46.6 Å². The van der Waals surface area contributed by atoms with Gasteiger partial charge in [-0.25, -0.2) is 12.7 Å². The monoisotopic (exact) mass is 235 g/mol.